The number of nitrogens with one attached hydrogen (secondary N) is 1. The molecule has 0 saturated carbocycles. The van der Waals surface area contributed by atoms with E-state index in [0.29, 0.717) is 34.2 Å². The second-order valence-corrected chi connectivity index (χ2v) is 6.81. The third kappa shape index (κ3) is 4.91. The first-order chi connectivity index (χ1) is 13.6. The van der Waals surface area contributed by atoms with Gasteiger partial charge in [0.2, 0.25) is 0 Å². The Labute approximate surface area is 169 Å². The zero-order valence-corrected chi connectivity index (χ0v) is 16.3. The van der Waals surface area contributed by atoms with E-state index in [0.717, 1.165) is 12.0 Å². The molecule has 0 saturated heterocycles. The zero-order chi connectivity index (χ0) is 19.9. The van der Waals surface area contributed by atoms with Crippen LogP contribution in [-0.4, -0.2) is 17.6 Å². The van der Waals surface area contributed by atoms with Crippen molar-refractivity contribution in [2.24, 2.45) is 0 Å². The number of amides is 1. The molecule has 3 aromatic rings. The second-order valence-electron chi connectivity index (χ2n) is 6.38. The van der Waals surface area contributed by atoms with Gasteiger partial charge in [-0.2, -0.15) is 0 Å². The molecule has 5 heteroatoms. The van der Waals surface area contributed by atoms with E-state index in [2.05, 4.69) is 5.32 Å². The van der Waals surface area contributed by atoms with Crippen molar-refractivity contribution in [3.05, 3.63) is 94.5 Å². The van der Waals surface area contributed by atoms with Crippen molar-refractivity contribution in [3.63, 3.8) is 0 Å². The Morgan fingerprint density at radius 3 is 2.61 bits per heavy atom. The fourth-order valence-electron chi connectivity index (χ4n) is 2.83. The normalized spacial score (nSPS) is 11.7. The van der Waals surface area contributed by atoms with Gasteiger partial charge in [0.15, 0.2) is 0 Å². The number of halogens is 1. The van der Waals surface area contributed by atoms with Gasteiger partial charge in [-0.05, 0) is 48.4 Å². The molecular formula is C23H22ClNO3. The van der Waals surface area contributed by atoms with Gasteiger partial charge in [-0.25, -0.2) is 0 Å². The third-order valence-electron chi connectivity index (χ3n) is 4.24. The summed E-state index contributed by atoms with van der Waals surface area (Å²) in [5.74, 6) is 0.362. The number of aliphatic hydroxyl groups excluding tert-OH is 1. The Bertz CT molecular complexity index is 944. The maximum absolute atomic E-state index is 12.8. The highest BCUT2D eigenvalue weighted by molar-refractivity contribution is 6.30. The number of ether oxygens (including phenoxy) is 1. The number of hydrogen-bond donors (Lipinski definition) is 2. The van der Waals surface area contributed by atoms with Gasteiger partial charge in [0.1, 0.15) is 11.9 Å². The molecular weight excluding hydrogens is 374 g/mol. The molecule has 0 heterocycles. The van der Waals surface area contributed by atoms with Gasteiger partial charge < -0.3 is 15.2 Å². The first kappa shape index (κ1) is 19.9. The second kappa shape index (κ2) is 9.40. The lowest BCUT2D eigenvalue weighted by Gasteiger charge is -2.17. The molecule has 0 bridgehead atoms. The van der Waals surface area contributed by atoms with Gasteiger partial charge in [0, 0.05) is 21.8 Å². The smallest absolute Gasteiger partial charge is 0.255 e. The van der Waals surface area contributed by atoms with Crippen molar-refractivity contribution in [2.75, 3.05) is 11.9 Å². The van der Waals surface area contributed by atoms with Crippen LogP contribution >= 0.6 is 11.6 Å². The Kier molecular flexibility index (Phi) is 6.69. The summed E-state index contributed by atoms with van der Waals surface area (Å²) in [5.41, 5.74) is 2.23. The molecule has 4 nitrogen and oxygen atoms in total. The average Bonchev–Trinajstić information content (AvgIpc) is 2.73. The van der Waals surface area contributed by atoms with E-state index in [4.69, 9.17) is 16.3 Å². The van der Waals surface area contributed by atoms with Gasteiger partial charge >= 0.3 is 0 Å². The molecule has 1 amide bonds. The van der Waals surface area contributed by atoms with Crippen LogP contribution in [0, 0.1) is 0 Å². The minimum atomic E-state index is -0.908. The fourth-order valence-corrected chi connectivity index (χ4v) is 3.01. The zero-order valence-electron chi connectivity index (χ0n) is 15.6. The van der Waals surface area contributed by atoms with Gasteiger partial charge in [-0.1, -0.05) is 54.9 Å². The van der Waals surface area contributed by atoms with Crippen LogP contribution in [0.25, 0.3) is 0 Å². The van der Waals surface area contributed by atoms with E-state index in [1.807, 2.05) is 43.3 Å². The lowest BCUT2D eigenvalue weighted by Crippen LogP contribution is -2.15. The summed E-state index contributed by atoms with van der Waals surface area (Å²) >= 11 is 6.13. The molecule has 0 aliphatic carbocycles. The number of benzene rings is 3. The molecule has 0 spiro atoms. The van der Waals surface area contributed by atoms with Gasteiger partial charge in [0.25, 0.3) is 5.91 Å². The number of carbonyl (C=O) groups is 1. The minimum absolute atomic E-state index is 0.286. The SMILES string of the molecule is CCCOc1cccc(C(=O)Nc2ccc(Cl)cc2C(O)c2ccccc2)c1. The van der Waals surface area contributed by atoms with E-state index in [9.17, 15) is 9.90 Å². The maximum Gasteiger partial charge on any atom is 0.255 e. The fraction of sp³-hybridized carbons (Fsp3) is 0.174. The summed E-state index contributed by atoms with van der Waals surface area (Å²) in [6, 6.07) is 21.3. The molecule has 3 aromatic carbocycles. The highest BCUT2D eigenvalue weighted by atomic mass is 35.5. The summed E-state index contributed by atoms with van der Waals surface area (Å²) in [4.78, 5) is 12.8. The van der Waals surface area contributed by atoms with Gasteiger partial charge in [0.05, 0.1) is 6.61 Å². The summed E-state index contributed by atoms with van der Waals surface area (Å²) in [7, 11) is 0. The Morgan fingerprint density at radius 2 is 1.86 bits per heavy atom. The van der Waals surface area contributed by atoms with Crippen molar-refractivity contribution < 1.29 is 14.6 Å². The van der Waals surface area contributed by atoms with Crippen LogP contribution < -0.4 is 10.1 Å². The van der Waals surface area contributed by atoms with Crippen molar-refractivity contribution in [1.29, 1.82) is 0 Å². The summed E-state index contributed by atoms with van der Waals surface area (Å²) < 4.78 is 5.59. The number of rotatable bonds is 7. The van der Waals surface area contributed by atoms with Crippen molar-refractivity contribution >= 4 is 23.2 Å². The topological polar surface area (TPSA) is 58.6 Å². The first-order valence-electron chi connectivity index (χ1n) is 9.15. The molecule has 0 radical (unpaired) electrons. The summed E-state index contributed by atoms with van der Waals surface area (Å²) in [6.45, 7) is 2.62. The van der Waals surface area contributed by atoms with Crippen molar-refractivity contribution in [2.45, 2.75) is 19.4 Å². The molecule has 0 aromatic heterocycles. The monoisotopic (exact) mass is 395 g/mol. The van der Waals surface area contributed by atoms with E-state index < -0.39 is 6.10 Å². The van der Waals surface area contributed by atoms with E-state index in [1.54, 1.807) is 36.4 Å². The van der Waals surface area contributed by atoms with Crippen molar-refractivity contribution in [3.8, 4) is 5.75 Å². The molecule has 0 aliphatic rings. The Balaban J connectivity index is 1.85. The van der Waals surface area contributed by atoms with Crippen LogP contribution in [-0.2, 0) is 0 Å². The highest BCUT2D eigenvalue weighted by Gasteiger charge is 2.17. The minimum Gasteiger partial charge on any atom is -0.494 e. The van der Waals surface area contributed by atoms with Gasteiger partial charge in [-0.15, -0.1) is 0 Å². The third-order valence-corrected chi connectivity index (χ3v) is 4.48. The molecule has 0 fully saturated rings. The predicted octanol–water partition coefficient (Wildman–Crippen LogP) is 5.46. The maximum atomic E-state index is 12.8. The number of carbonyl (C=O) groups excluding carboxylic acids is 1. The van der Waals surface area contributed by atoms with Crippen LogP contribution in [0.5, 0.6) is 5.75 Å². The molecule has 0 aliphatic heterocycles. The average molecular weight is 396 g/mol. The van der Waals surface area contributed by atoms with Crippen LogP contribution in [0.4, 0.5) is 5.69 Å². The summed E-state index contributed by atoms with van der Waals surface area (Å²) in [5, 5.41) is 14.2. The van der Waals surface area contributed by atoms with Crippen LogP contribution in [0.1, 0.15) is 40.9 Å². The van der Waals surface area contributed by atoms with E-state index >= 15 is 0 Å². The lowest BCUT2D eigenvalue weighted by molar-refractivity contribution is 0.102. The molecule has 1 atom stereocenters. The number of hydrogen-bond acceptors (Lipinski definition) is 3. The molecule has 144 valence electrons. The van der Waals surface area contributed by atoms with Gasteiger partial charge in [-0.3, -0.25) is 4.79 Å². The number of anilines is 1. The van der Waals surface area contributed by atoms with Crippen LogP contribution in [0.2, 0.25) is 5.02 Å². The Morgan fingerprint density at radius 1 is 1.07 bits per heavy atom. The van der Waals surface area contributed by atoms with E-state index in [1.165, 1.54) is 0 Å². The summed E-state index contributed by atoms with van der Waals surface area (Å²) in [6.07, 6.45) is -0.0171. The highest BCUT2D eigenvalue weighted by Crippen LogP contribution is 2.31. The van der Waals surface area contributed by atoms with E-state index in [-0.39, 0.29) is 5.91 Å². The predicted molar refractivity (Wildman–Crippen MR) is 112 cm³/mol. The van der Waals surface area contributed by atoms with Crippen LogP contribution in [0.15, 0.2) is 72.8 Å². The molecule has 1 unspecified atom stereocenters. The first-order valence-corrected chi connectivity index (χ1v) is 9.53. The largest absolute Gasteiger partial charge is 0.494 e. The lowest BCUT2D eigenvalue weighted by atomic mass is 9.99. The molecule has 28 heavy (non-hydrogen) atoms. The quantitative estimate of drug-likeness (QED) is 0.558. The molecule has 3 rings (SSSR count). The standard InChI is InChI=1S/C23H22ClNO3/c1-2-13-28-19-10-6-9-17(14-19)23(27)25-21-12-11-18(24)15-20(21)22(26)16-7-4-3-5-8-16/h3-12,14-15,22,26H,2,13H2,1H3,(H,25,27). The van der Waals surface area contributed by atoms with Crippen LogP contribution in [0.3, 0.4) is 0 Å². The van der Waals surface area contributed by atoms with Crippen molar-refractivity contribution in [1.82, 2.24) is 0 Å². The Hall–Kier alpha value is -2.82. The molecule has 2 N–H and O–H groups in total. The number of aliphatic hydroxyl groups is 1.